The van der Waals surface area contributed by atoms with Crippen molar-refractivity contribution in [3.05, 3.63) is 29.3 Å². The molecule has 2 rings (SSSR count). The summed E-state index contributed by atoms with van der Waals surface area (Å²) in [7, 11) is 1.72. The number of carbonyl (C=O) groups excluding carboxylic acids is 1. The summed E-state index contributed by atoms with van der Waals surface area (Å²) in [6.07, 6.45) is 1.97. The molecular formula is C18H28N2O3. The van der Waals surface area contributed by atoms with Crippen LogP contribution in [-0.2, 0) is 9.53 Å². The van der Waals surface area contributed by atoms with Crippen LogP contribution in [0, 0.1) is 13.8 Å². The van der Waals surface area contributed by atoms with Gasteiger partial charge in [0.2, 0.25) is 0 Å². The van der Waals surface area contributed by atoms with Crippen molar-refractivity contribution in [2.45, 2.75) is 32.7 Å². The average molecular weight is 320 g/mol. The highest BCUT2D eigenvalue weighted by atomic mass is 16.5. The van der Waals surface area contributed by atoms with Gasteiger partial charge in [-0.05, 0) is 49.9 Å². The number of benzene rings is 1. The summed E-state index contributed by atoms with van der Waals surface area (Å²) in [5.41, 5.74) is 2.40. The second kappa shape index (κ2) is 8.89. The van der Waals surface area contributed by atoms with Gasteiger partial charge in [0.1, 0.15) is 5.75 Å². The average Bonchev–Trinajstić information content (AvgIpc) is 2.55. The van der Waals surface area contributed by atoms with E-state index in [1.807, 2.05) is 25.1 Å². The van der Waals surface area contributed by atoms with Gasteiger partial charge >= 0.3 is 0 Å². The maximum atomic E-state index is 12.0. The highest BCUT2D eigenvalue weighted by Gasteiger charge is 2.20. The number of methoxy groups -OCH3 is 1. The standard InChI is InChI=1S/C18H28N2O3/c1-14-4-5-17(12-15(14)2)23-13-18(21)19-16-6-8-20(9-7-16)10-11-22-3/h4-5,12,16H,6-11,13H2,1-3H3,(H,19,21). The molecule has 0 saturated carbocycles. The van der Waals surface area contributed by atoms with Gasteiger partial charge in [0.15, 0.2) is 6.61 Å². The predicted octanol–water partition coefficient (Wildman–Crippen LogP) is 1.91. The zero-order valence-electron chi connectivity index (χ0n) is 14.4. The van der Waals surface area contributed by atoms with Gasteiger partial charge in [-0.1, -0.05) is 6.07 Å². The van der Waals surface area contributed by atoms with Gasteiger partial charge in [0.05, 0.1) is 6.61 Å². The van der Waals surface area contributed by atoms with Gasteiger partial charge in [0.25, 0.3) is 5.91 Å². The zero-order chi connectivity index (χ0) is 16.7. The van der Waals surface area contributed by atoms with E-state index in [0.29, 0.717) is 0 Å². The number of nitrogens with one attached hydrogen (secondary N) is 1. The van der Waals surface area contributed by atoms with Crippen molar-refractivity contribution in [2.24, 2.45) is 0 Å². The van der Waals surface area contributed by atoms with E-state index in [9.17, 15) is 4.79 Å². The molecule has 1 saturated heterocycles. The molecule has 1 aliphatic heterocycles. The Bertz CT molecular complexity index is 511. The first kappa shape index (κ1) is 17.8. The molecule has 0 aromatic heterocycles. The number of rotatable bonds is 7. The van der Waals surface area contributed by atoms with Crippen LogP contribution in [0.25, 0.3) is 0 Å². The van der Waals surface area contributed by atoms with Gasteiger partial charge in [0, 0.05) is 32.8 Å². The number of hydrogen-bond acceptors (Lipinski definition) is 4. The molecule has 1 fully saturated rings. The summed E-state index contributed by atoms with van der Waals surface area (Å²) in [4.78, 5) is 14.4. The fourth-order valence-corrected chi connectivity index (χ4v) is 2.74. The molecule has 1 aliphatic rings. The lowest BCUT2D eigenvalue weighted by Crippen LogP contribution is -2.46. The Kier molecular flexibility index (Phi) is 6.86. The minimum Gasteiger partial charge on any atom is -0.484 e. The quantitative estimate of drug-likeness (QED) is 0.834. The molecule has 5 heteroatoms. The van der Waals surface area contributed by atoms with E-state index in [2.05, 4.69) is 17.1 Å². The van der Waals surface area contributed by atoms with Crippen molar-refractivity contribution < 1.29 is 14.3 Å². The Balaban J connectivity index is 1.68. The highest BCUT2D eigenvalue weighted by Crippen LogP contribution is 2.16. The molecule has 1 aromatic rings. The van der Waals surface area contributed by atoms with E-state index in [-0.39, 0.29) is 18.6 Å². The first-order valence-electron chi connectivity index (χ1n) is 8.29. The third kappa shape index (κ3) is 5.84. The van der Waals surface area contributed by atoms with Crippen LogP contribution < -0.4 is 10.1 Å². The van der Waals surface area contributed by atoms with Gasteiger partial charge in [-0.15, -0.1) is 0 Å². The van der Waals surface area contributed by atoms with Crippen LogP contribution in [0.5, 0.6) is 5.75 Å². The molecule has 1 aromatic carbocycles. The van der Waals surface area contributed by atoms with Crippen LogP contribution in [-0.4, -0.2) is 56.8 Å². The van der Waals surface area contributed by atoms with E-state index in [1.165, 1.54) is 11.1 Å². The van der Waals surface area contributed by atoms with Crippen LogP contribution in [0.4, 0.5) is 0 Å². The fourth-order valence-electron chi connectivity index (χ4n) is 2.74. The Morgan fingerprint density at radius 1 is 1.26 bits per heavy atom. The topological polar surface area (TPSA) is 50.8 Å². The lowest BCUT2D eigenvalue weighted by atomic mass is 10.1. The Morgan fingerprint density at radius 3 is 2.65 bits per heavy atom. The molecule has 0 radical (unpaired) electrons. The first-order chi connectivity index (χ1) is 11.1. The van der Waals surface area contributed by atoms with Crippen molar-refractivity contribution in [1.82, 2.24) is 10.2 Å². The number of carbonyl (C=O) groups is 1. The maximum Gasteiger partial charge on any atom is 0.258 e. The van der Waals surface area contributed by atoms with E-state index in [1.54, 1.807) is 7.11 Å². The number of piperidine rings is 1. The summed E-state index contributed by atoms with van der Waals surface area (Å²) in [6.45, 7) is 7.92. The fraction of sp³-hybridized carbons (Fsp3) is 0.611. The number of likely N-dealkylation sites (tertiary alicyclic amines) is 1. The van der Waals surface area contributed by atoms with Crippen LogP contribution in [0.1, 0.15) is 24.0 Å². The number of hydrogen-bond donors (Lipinski definition) is 1. The summed E-state index contributed by atoms with van der Waals surface area (Å²) in [5, 5.41) is 3.07. The molecule has 0 atom stereocenters. The molecule has 1 amide bonds. The zero-order valence-corrected chi connectivity index (χ0v) is 14.4. The molecular weight excluding hydrogens is 292 g/mol. The predicted molar refractivity (Wildman–Crippen MR) is 90.9 cm³/mol. The number of aryl methyl sites for hydroxylation is 2. The molecule has 1 N–H and O–H groups in total. The van der Waals surface area contributed by atoms with Crippen molar-refractivity contribution in [3.8, 4) is 5.75 Å². The van der Waals surface area contributed by atoms with Crippen molar-refractivity contribution >= 4 is 5.91 Å². The van der Waals surface area contributed by atoms with Crippen molar-refractivity contribution in [3.63, 3.8) is 0 Å². The monoisotopic (exact) mass is 320 g/mol. The largest absolute Gasteiger partial charge is 0.484 e. The molecule has 0 aliphatic carbocycles. The normalized spacial score (nSPS) is 16.3. The second-order valence-electron chi connectivity index (χ2n) is 6.21. The summed E-state index contributed by atoms with van der Waals surface area (Å²) < 4.78 is 10.7. The van der Waals surface area contributed by atoms with Crippen LogP contribution in [0.15, 0.2) is 18.2 Å². The third-order valence-electron chi connectivity index (χ3n) is 4.41. The molecule has 0 unspecified atom stereocenters. The SMILES string of the molecule is COCCN1CCC(NC(=O)COc2ccc(C)c(C)c2)CC1. The van der Waals surface area contributed by atoms with Gasteiger partial charge < -0.3 is 19.7 Å². The highest BCUT2D eigenvalue weighted by molar-refractivity contribution is 5.77. The van der Waals surface area contributed by atoms with Gasteiger partial charge in [-0.25, -0.2) is 0 Å². The maximum absolute atomic E-state index is 12.0. The van der Waals surface area contributed by atoms with Gasteiger partial charge in [-0.3, -0.25) is 4.79 Å². The van der Waals surface area contributed by atoms with E-state index in [4.69, 9.17) is 9.47 Å². The summed E-state index contributed by atoms with van der Waals surface area (Å²) >= 11 is 0. The van der Waals surface area contributed by atoms with Crippen molar-refractivity contribution in [2.75, 3.05) is 40.0 Å². The molecule has 23 heavy (non-hydrogen) atoms. The lowest BCUT2D eigenvalue weighted by Gasteiger charge is -2.32. The number of amides is 1. The Morgan fingerprint density at radius 2 is 2.00 bits per heavy atom. The first-order valence-corrected chi connectivity index (χ1v) is 8.29. The number of nitrogens with zero attached hydrogens (tertiary/aromatic N) is 1. The van der Waals surface area contributed by atoms with Crippen LogP contribution >= 0.6 is 0 Å². The van der Waals surface area contributed by atoms with E-state index >= 15 is 0 Å². The molecule has 1 heterocycles. The Labute approximate surface area is 139 Å². The molecule has 0 spiro atoms. The minimum absolute atomic E-state index is 0.0430. The van der Waals surface area contributed by atoms with E-state index < -0.39 is 0 Å². The Hall–Kier alpha value is -1.59. The van der Waals surface area contributed by atoms with Crippen molar-refractivity contribution in [1.29, 1.82) is 0 Å². The second-order valence-corrected chi connectivity index (χ2v) is 6.21. The molecule has 0 bridgehead atoms. The van der Waals surface area contributed by atoms with Gasteiger partial charge in [-0.2, -0.15) is 0 Å². The third-order valence-corrected chi connectivity index (χ3v) is 4.41. The summed E-state index contributed by atoms with van der Waals surface area (Å²) in [5.74, 6) is 0.705. The minimum atomic E-state index is -0.0430. The van der Waals surface area contributed by atoms with E-state index in [0.717, 1.165) is 44.8 Å². The molecule has 5 nitrogen and oxygen atoms in total. The summed E-state index contributed by atoms with van der Waals surface area (Å²) in [6, 6.07) is 6.14. The smallest absolute Gasteiger partial charge is 0.258 e. The van der Waals surface area contributed by atoms with Crippen LogP contribution in [0.3, 0.4) is 0 Å². The van der Waals surface area contributed by atoms with Crippen LogP contribution in [0.2, 0.25) is 0 Å². The molecule has 128 valence electrons. The lowest BCUT2D eigenvalue weighted by molar-refractivity contribution is -0.124. The number of ether oxygens (including phenoxy) is 2.